The molecule has 7 nitrogen and oxygen atoms in total. The predicted molar refractivity (Wildman–Crippen MR) is 121 cm³/mol. The van der Waals surface area contributed by atoms with Gasteiger partial charge in [0, 0.05) is 35.7 Å². The molecule has 2 aromatic carbocycles. The SMILES string of the molecule is O=C(Nc1ccc(F)cc1)N1C[C@H]2[C@@H](c3ccccc31)[C@@H](CO)N2C(=O)Cc1ccccn1. The Morgan fingerprint density at radius 1 is 1.06 bits per heavy atom. The summed E-state index contributed by atoms with van der Waals surface area (Å²) in [6.07, 6.45) is 1.77. The number of urea groups is 1. The van der Waals surface area contributed by atoms with Crippen LogP contribution in [0.2, 0.25) is 0 Å². The first-order chi connectivity index (χ1) is 16.1. The number of carbonyl (C=O) groups is 2. The van der Waals surface area contributed by atoms with Crippen molar-refractivity contribution in [1.29, 1.82) is 0 Å². The van der Waals surface area contributed by atoms with Crippen molar-refractivity contribution in [2.45, 2.75) is 24.4 Å². The fourth-order valence-electron chi connectivity index (χ4n) is 4.90. The maximum atomic E-state index is 13.2. The molecule has 3 atom stereocenters. The Balaban J connectivity index is 1.42. The smallest absolute Gasteiger partial charge is 0.326 e. The number of amides is 3. The molecule has 3 amide bonds. The Labute approximate surface area is 190 Å². The number of pyridine rings is 1. The van der Waals surface area contributed by atoms with Gasteiger partial charge in [0.05, 0.1) is 25.1 Å². The van der Waals surface area contributed by atoms with Gasteiger partial charge in [-0.25, -0.2) is 9.18 Å². The topological polar surface area (TPSA) is 85.8 Å². The van der Waals surface area contributed by atoms with Crippen LogP contribution < -0.4 is 10.2 Å². The first-order valence-corrected chi connectivity index (χ1v) is 10.8. The highest BCUT2D eigenvalue weighted by molar-refractivity contribution is 6.03. The zero-order chi connectivity index (χ0) is 22.9. The van der Waals surface area contributed by atoms with E-state index in [9.17, 15) is 19.1 Å². The van der Waals surface area contributed by atoms with Crippen LogP contribution in [0.3, 0.4) is 0 Å². The monoisotopic (exact) mass is 446 g/mol. The Morgan fingerprint density at radius 3 is 2.55 bits per heavy atom. The van der Waals surface area contributed by atoms with E-state index in [0.717, 1.165) is 11.3 Å². The molecular formula is C25H23FN4O3. The Bertz CT molecular complexity index is 1170. The van der Waals surface area contributed by atoms with Crippen LogP contribution >= 0.6 is 0 Å². The standard InChI is InChI=1S/C25H23FN4O3/c26-16-8-10-17(11-9-16)28-25(33)29-14-21-24(19-6-1-2-7-20(19)29)22(15-31)30(21)23(32)13-18-5-3-4-12-27-18/h1-12,21-22,24,31H,13-15H2,(H,28,33)/t21-,22+,24+/m0/s1. The lowest BCUT2D eigenvalue weighted by Crippen LogP contribution is -2.71. The van der Waals surface area contributed by atoms with Crippen LogP contribution in [-0.4, -0.2) is 52.2 Å². The van der Waals surface area contributed by atoms with Crippen molar-refractivity contribution in [3.63, 3.8) is 0 Å². The summed E-state index contributed by atoms with van der Waals surface area (Å²) >= 11 is 0. The number of aromatic nitrogens is 1. The molecule has 3 aromatic rings. The van der Waals surface area contributed by atoms with Crippen LogP contribution in [0.1, 0.15) is 17.2 Å². The third-order valence-electron chi connectivity index (χ3n) is 6.37. The average molecular weight is 446 g/mol. The van der Waals surface area contributed by atoms with Gasteiger partial charge in [0.1, 0.15) is 5.82 Å². The molecule has 3 heterocycles. The van der Waals surface area contributed by atoms with Crippen molar-refractivity contribution in [3.8, 4) is 0 Å². The summed E-state index contributed by atoms with van der Waals surface area (Å²) in [6.45, 7) is 0.129. The fraction of sp³-hybridized carbons (Fsp3) is 0.240. The van der Waals surface area contributed by atoms with Crippen molar-refractivity contribution < 1.29 is 19.1 Å². The summed E-state index contributed by atoms with van der Waals surface area (Å²) in [4.78, 5) is 33.8. The number of para-hydroxylation sites is 1. The van der Waals surface area contributed by atoms with Gasteiger partial charge in [-0.15, -0.1) is 0 Å². The number of carbonyl (C=O) groups excluding carboxylic acids is 2. The van der Waals surface area contributed by atoms with Crippen LogP contribution in [0.25, 0.3) is 0 Å². The van der Waals surface area contributed by atoms with E-state index in [0.29, 0.717) is 17.9 Å². The molecule has 0 bridgehead atoms. The lowest BCUT2D eigenvalue weighted by Gasteiger charge is -2.58. The lowest BCUT2D eigenvalue weighted by molar-refractivity contribution is -0.149. The van der Waals surface area contributed by atoms with Crippen molar-refractivity contribution in [2.24, 2.45) is 0 Å². The van der Waals surface area contributed by atoms with Gasteiger partial charge >= 0.3 is 6.03 Å². The highest BCUT2D eigenvalue weighted by atomic mass is 19.1. The minimum absolute atomic E-state index is 0.0613. The number of aliphatic hydroxyl groups excluding tert-OH is 1. The van der Waals surface area contributed by atoms with Gasteiger partial charge in [-0.1, -0.05) is 24.3 Å². The third kappa shape index (κ3) is 3.82. The minimum atomic E-state index is -0.384. The summed E-state index contributed by atoms with van der Waals surface area (Å²) in [5.41, 5.74) is 2.80. The van der Waals surface area contributed by atoms with Gasteiger partial charge in [0.15, 0.2) is 0 Å². The number of likely N-dealkylation sites (tertiary alicyclic amines) is 1. The maximum absolute atomic E-state index is 13.2. The molecule has 0 saturated carbocycles. The molecule has 2 N–H and O–H groups in total. The molecule has 33 heavy (non-hydrogen) atoms. The van der Waals surface area contributed by atoms with E-state index in [2.05, 4.69) is 10.3 Å². The van der Waals surface area contributed by atoms with E-state index in [1.165, 1.54) is 24.3 Å². The molecule has 1 saturated heterocycles. The van der Waals surface area contributed by atoms with Crippen molar-refractivity contribution >= 4 is 23.3 Å². The Hall–Kier alpha value is -3.78. The molecular weight excluding hydrogens is 423 g/mol. The number of rotatable bonds is 4. The Morgan fingerprint density at radius 2 is 1.82 bits per heavy atom. The van der Waals surface area contributed by atoms with Gasteiger partial charge in [-0.2, -0.15) is 0 Å². The van der Waals surface area contributed by atoms with Crippen molar-refractivity contribution in [3.05, 3.63) is 90.0 Å². The van der Waals surface area contributed by atoms with Gasteiger partial charge in [0.25, 0.3) is 0 Å². The van der Waals surface area contributed by atoms with E-state index in [1.54, 1.807) is 28.1 Å². The molecule has 5 rings (SSSR count). The van der Waals surface area contributed by atoms with E-state index in [4.69, 9.17) is 0 Å². The number of fused-ring (bicyclic) bond motifs is 3. The fourth-order valence-corrected chi connectivity index (χ4v) is 4.90. The maximum Gasteiger partial charge on any atom is 0.326 e. The Kier molecular flexibility index (Phi) is 5.51. The molecule has 2 aliphatic rings. The minimum Gasteiger partial charge on any atom is -0.394 e. The number of benzene rings is 2. The summed E-state index contributed by atoms with van der Waals surface area (Å²) in [7, 11) is 0. The quantitative estimate of drug-likeness (QED) is 0.645. The molecule has 1 fully saturated rings. The molecule has 0 radical (unpaired) electrons. The largest absolute Gasteiger partial charge is 0.394 e. The predicted octanol–water partition coefficient (Wildman–Crippen LogP) is 3.17. The summed E-state index contributed by atoms with van der Waals surface area (Å²) in [6, 6.07) is 17.6. The van der Waals surface area contributed by atoms with Crippen molar-refractivity contribution in [1.82, 2.24) is 9.88 Å². The molecule has 0 aliphatic carbocycles. The second-order valence-corrected chi connectivity index (χ2v) is 8.25. The second kappa shape index (κ2) is 8.63. The number of hydrogen-bond acceptors (Lipinski definition) is 4. The van der Waals surface area contributed by atoms with Crippen LogP contribution in [0.4, 0.5) is 20.6 Å². The number of aliphatic hydroxyl groups is 1. The van der Waals surface area contributed by atoms with E-state index in [-0.39, 0.29) is 48.8 Å². The van der Waals surface area contributed by atoms with Crippen LogP contribution in [-0.2, 0) is 11.2 Å². The average Bonchev–Trinajstić information content (AvgIpc) is 2.81. The number of halogens is 1. The lowest BCUT2D eigenvalue weighted by atomic mass is 9.71. The number of nitrogens with one attached hydrogen (secondary N) is 1. The van der Waals surface area contributed by atoms with Crippen LogP contribution in [0, 0.1) is 5.82 Å². The molecule has 0 spiro atoms. The van der Waals surface area contributed by atoms with Gasteiger partial charge in [-0.3, -0.25) is 14.7 Å². The molecule has 0 unspecified atom stereocenters. The zero-order valence-electron chi connectivity index (χ0n) is 17.8. The molecule has 2 aliphatic heterocycles. The van der Waals surface area contributed by atoms with E-state index in [1.807, 2.05) is 30.3 Å². The number of hydrogen-bond donors (Lipinski definition) is 2. The van der Waals surface area contributed by atoms with Gasteiger partial charge < -0.3 is 15.3 Å². The van der Waals surface area contributed by atoms with Gasteiger partial charge in [0.2, 0.25) is 5.91 Å². The van der Waals surface area contributed by atoms with Crippen molar-refractivity contribution in [2.75, 3.05) is 23.4 Å². The van der Waals surface area contributed by atoms with E-state index >= 15 is 0 Å². The van der Waals surface area contributed by atoms with Crippen LogP contribution in [0.15, 0.2) is 72.9 Å². The molecule has 168 valence electrons. The molecule has 1 aromatic heterocycles. The van der Waals surface area contributed by atoms with E-state index < -0.39 is 0 Å². The summed E-state index contributed by atoms with van der Waals surface area (Å²) < 4.78 is 13.2. The van der Waals surface area contributed by atoms with Gasteiger partial charge in [-0.05, 0) is 48.0 Å². The second-order valence-electron chi connectivity index (χ2n) is 8.25. The first kappa shape index (κ1) is 21.1. The highest BCUT2D eigenvalue weighted by Gasteiger charge is 2.55. The van der Waals surface area contributed by atoms with Crippen LogP contribution in [0.5, 0.6) is 0 Å². The normalized spacial score (nSPS) is 21.0. The first-order valence-electron chi connectivity index (χ1n) is 10.8. The zero-order valence-corrected chi connectivity index (χ0v) is 17.8. The highest BCUT2D eigenvalue weighted by Crippen LogP contribution is 2.48. The number of anilines is 2. The number of nitrogens with zero attached hydrogens (tertiary/aromatic N) is 3. The summed E-state index contributed by atoms with van der Waals surface area (Å²) in [5, 5.41) is 12.9. The third-order valence-corrected chi connectivity index (χ3v) is 6.37. The molecule has 8 heteroatoms. The summed E-state index contributed by atoms with van der Waals surface area (Å²) in [5.74, 6) is -0.577.